The van der Waals surface area contributed by atoms with Crippen molar-refractivity contribution in [1.82, 2.24) is 15.1 Å². The Morgan fingerprint density at radius 2 is 1.83 bits per heavy atom. The van der Waals surface area contributed by atoms with Gasteiger partial charge in [0.15, 0.2) is 0 Å². The molecule has 0 aromatic rings. The number of likely N-dealkylation sites (N-methyl/N-ethyl adjacent to an activating group) is 1. The summed E-state index contributed by atoms with van der Waals surface area (Å²) < 4.78 is 0. The highest BCUT2D eigenvalue weighted by molar-refractivity contribution is 4.77. The van der Waals surface area contributed by atoms with Crippen LogP contribution in [-0.4, -0.2) is 62.2 Å². The fraction of sp³-hybridized carbons (Fsp3) is 1.00. The average molecular weight is 253 g/mol. The molecule has 0 bridgehead atoms. The van der Waals surface area contributed by atoms with Crippen LogP contribution in [0.1, 0.15) is 39.0 Å². The van der Waals surface area contributed by atoms with E-state index in [-0.39, 0.29) is 0 Å². The Kier molecular flexibility index (Phi) is 5.93. The molecule has 3 nitrogen and oxygen atoms in total. The number of hydrogen-bond acceptors (Lipinski definition) is 3. The molecule has 0 aromatic carbocycles. The molecule has 0 saturated carbocycles. The normalized spacial score (nSPS) is 28.7. The van der Waals surface area contributed by atoms with Gasteiger partial charge >= 0.3 is 0 Å². The molecule has 106 valence electrons. The lowest BCUT2D eigenvalue weighted by atomic mass is 9.99. The molecule has 0 aliphatic carbocycles. The van der Waals surface area contributed by atoms with Crippen molar-refractivity contribution in [2.75, 3.05) is 46.3 Å². The first-order valence-corrected chi connectivity index (χ1v) is 7.89. The second-order valence-electron chi connectivity index (χ2n) is 6.36. The second kappa shape index (κ2) is 7.46. The van der Waals surface area contributed by atoms with Crippen LogP contribution in [0, 0.1) is 5.92 Å². The third kappa shape index (κ3) is 4.52. The summed E-state index contributed by atoms with van der Waals surface area (Å²) in [4.78, 5) is 5.15. The van der Waals surface area contributed by atoms with Crippen molar-refractivity contribution < 1.29 is 0 Å². The van der Waals surface area contributed by atoms with E-state index < -0.39 is 0 Å². The van der Waals surface area contributed by atoms with Crippen molar-refractivity contribution in [3.63, 3.8) is 0 Å². The Morgan fingerprint density at radius 3 is 2.56 bits per heavy atom. The molecule has 2 saturated heterocycles. The minimum absolute atomic E-state index is 0.778. The summed E-state index contributed by atoms with van der Waals surface area (Å²) in [6.45, 7) is 9.88. The van der Waals surface area contributed by atoms with E-state index in [2.05, 4.69) is 29.1 Å². The summed E-state index contributed by atoms with van der Waals surface area (Å²) >= 11 is 0. The molecule has 1 N–H and O–H groups in total. The molecule has 0 aromatic heterocycles. The van der Waals surface area contributed by atoms with E-state index in [0.29, 0.717) is 0 Å². The first kappa shape index (κ1) is 14.3. The number of hydrogen-bond donors (Lipinski definition) is 1. The molecule has 0 radical (unpaired) electrons. The Labute approximate surface area is 113 Å². The maximum atomic E-state index is 3.66. The summed E-state index contributed by atoms with van der Waals surface area (Å²) in [5.74, 6) is 0.949. The topological polar surface area (TPSA) is 18.5 Å². The highest BCUT2D eigenvalue weighted by Gasteiger charge is 2.18. The van der Waals surface area contributed by atoms with Crippen molar-refractivity contribution in [1.29, 1.82) is 0 Å². The second-order valence-corrected chi connectivity index (χ2v) is 6.36. The van der Waals surface area contributed by atoms with Crippen molar-refractivity contribution >= 4 is 0 Å². The lowest BCUT2D eigenvalue weighted by molar-refractivity contribution is 0.171. The van der Waals surface area contributed by atoms with Crippen LogP contribution in [0.2, 0.25) is 0 Å². The monoisotopic (exact) mass is 253 g/mol. The van der Waals surface area contributed by atoms with Gasteiger partial charge in [-0.15, -0.1) is 0 Å². The van der Waals surface area contributed by atoms with Gasteiger partial charge in [0.05, 0.1) is 0 Å². The van der Waals surface area contributed by atoms with Crippen LogP contribution < -0.4 is 5.32 Å². The maximum Gasteiger partial charge on any atom is 0.0217 e. The summed E-state index contributed by atoms with van der Waals surface area (Å²) in [7, 11) is 2.28. The highest BCUT2D eigenvalue weighted by atomic mass is 15.2. The maximum absolute atomic E-state index is 3.66. The number of likely N-dealkylation sites (tertiary alicyclic amines) is 2. The van der Waals surface area contributed by atoms with Crippen molar-refractivity contribution in [3.05, 3.63) is 0 Å². The minimum atomic E-state index is 0.778. The van der Waals surface area contributed by atoms with Gasteiger partial charge in [-0.2, -0.15) is 0 Å². The first-order valence-electron chi connectivity index (χ1n) is 7.89. The van der Waals surface area contributed by atoms with E-state index >= 15 is 0 Å². The predicted octanol–water partition coefficient (Wildman–Crippen LogP) is 1.79. The number of rotatable bonds is 5. The fourth-order valence-corrected chi connectivity index (χ4v) is 3.19. The highest BCUT2D eigenvalue weighted by Crippen LogP contribution is 2.15. The van der Waals surface area contributed by atoms with E-state index in [1.807, 2.05) is 0 Å². The van der Waals surface area contributed by atoms with E-state index in [0.717, 1.165) is 12.0 Å². The summed E-state index contributed by atoms with van der Waals surface area (Å²) in [6, 6.07) is 0.778. The smallest absolute Gasteiger partial charge is 0.0217 e. The van der Waals surface area contributed by atoms with Gasteiger partial charge in [0.1, 0.15) is 0 Å². The zero-order chi connectivity index (χ0) is 12.8. The third-order valence-corrected chi connectivity index (χ3v) is 4.78. The molecule has 2 fully saturated rings. The quantitative estimate of drug-likeness (QED) is 0.754. The molecule has 2 aliphatic rings. The minimum Gasteiger partial charge on any atom is -0.314 e. The van der Waals surface area contributed by atoms with Gasteiger partial charge < -0.3 is 15.1 Å². The van der Waals surface area contributed by atoms with Crippen molar-refractivity contribution in [2.24, 2.45) is 5.92 Å². The van der Waals surface area contributed by atoms with Crippen LogP contribution in [0.3, 0.4) is 0 Å². The molecule has 1 unspecified atom stereocenters. The fourth-order valence-electron chi connectivity index (χ4n) is 3.19. The van der Waals surface area contributed by atoms with Crippen LogP contribution in [-0.2, 0) is 0 Å². The van der Waals surface area contributed by atoms with E-state index in [1.54, 1.807) is 0 Å². The molecule has 2 rings (SSSR count). The van der Waals surface area contributed by atoms with Gasteiger partial charge in [-0.3, -0.25) is 0 Å². The number of nitrogens with zero attached hydrogens (tertiary/aromatic N) is 2. The van der Waals surface area contributed by atoms with Crippen LogP contribution >= 0.6 is 0 Å². The van der Waals surface area contributed by atoms with Crippen molar-refractivity contribution in [2.45, 2.75) is 45.1 Å². The molecule has 2 aliphatic heterocycles. The molecule has 18 heavy (non-hydrogen) atoms. The molecule has 1 atom stereocenters. The van der Waals surface area contributed by atoms with Crippen LogP contribution in [0.25, 0.3) is 0 Å². The summed E-state index contributed by atoms with van der Waals surface area (Å²) in [5.41, 5.74) is 0. The predicted molar refractivity (Wildman–Crippen MR) is 78.0 cm³/mol. The molecule has 3 heteroatoms. The van der Waals surface area contributed by atoms with Gasteiger partial charge in [0, 0.05) is 25.7 Å². The molecule has 0 spiro atoms. The lowest BCUT2D eigenvalue weighted by Crippen LogP contribution is -2.45. The Morgan fingerprint density at radius 1 is 1.06 bits per heavy atom. The van der Waals surface area contributed by atoms with E-state index in [9.17, 15) is 0 Å². The molecular weight excluding hydrogens is 222 g/mol. The first-order chi connectivity index (χ1) is 8.75. The summed E-state index contributed by atoms with van der Waals surface area (Å²) in [5, 5.41) is 3.66. The summed E-state index contributed by atoms with van der Waals surface area (Å²) in [6.07, 6.45) is 6.97. The number of nitrogens with one attached hydrogen (secondary N) is 1. The lowest BCUT2D eigenvalue weighted by Gasteiger charge is -2.33. The molecule has 2 heterocycles. The SMILES string of the molecule is CC1CCN(CCNCC2CCCCN2C)CC1. The third-order valence-electron chi connectivity index (χ3n) is 4.78. The van der Waals surface area contributed by atoms with E-state index in [1.165, 1.54) is 71.4 Å². The van der Waals surface area contributed by atoms with Crippen LogP contribution in [0.4, 0.5) is 0 Å². The van der Waals surface area contributed by atoms with Crippen molar-refractivity contribution in [3.8, 4) is 0 Å². The van der Waals surface area contributed by atoms with Gasteiger partial charge in [-0.25, -0.2) is 0 Å². The van der Waals surface area contributed by atoms with Gasteiger partial charge in [0.25, 0.3) is 0 Å². The molecule has 0 amide bonds. The standard InChI is InChI=1S/C15H31N3/c1-14-6-10-18(11-7-14)12-8-16-13-15-5-3-4-9-17(15)2/h14-16H,3-13H2,1-2H3. The Hall–Kier alpha value is -0.120. The van der Waals surface area contributed by atoms with Gasteiger partial charge in [-0.05, 0) is 58.3 Å². The molecular formula is C15H31N3. The Bertz CT molecular complexity index is 224. The average Bonchev–Trinajstić information content (AvgIpc) is 2.39. The largest absolute Gasteiger partial charge is 0.314 e. The van der Waals surface area contributed by atoms with Gasteiger partial charge in [-0.1, -0.05) is 13.3 Å². The van der Waals surface area contributed by atoms with Gasteiger partial charge in [0.2, 0.25) is 0 Å². The van der Waals surface area contributed by atoms with Crippen LogP contribution in [0.5, 0.6) is 0 Å². The Balaban J connectivity index is 1.53. The zero-order valence-corrected chi connectivity index (χ0v) is 12.3. The zero-order valence-electron chi connectivity index (χ0n) is 12.3. The van der Waals surface area contributed by atoms with E-state index in [4.69, 9.17) is 0 Å². The number of piperidine rings is 2. The van der Waals surface area contributed by atoms with Crippen LogP contribution in [0.15, 0.2) is 0 Å².